The highest BCUT2D eigenvalue weighted by molar-refractivity contribution is 7.81. The van der Waals surface area contributed by atoms with E-state index < -0.39 is 32.0 Å². The number of hydrogen-bond donors (Lipinski definition) is 3. The van der Waals surface area contributed by atoms with E-state index in [0.29, 0.717) is 28.8 Å². The van der Waals surface area contributed by atoms with Gasteiger partial charge in [0.2, 0.25) is 5.95 Å². The molecule has 13 heteroatoms. The molecule has 0 aliphatic carbocycles. The van der Waals surface area contributed by atoms with Gasteiger partial charge >= 0.3 is 7.60 Å². The van der Waals surface area contributed by atoms with Crippen molar-refractivity contribution in [1.82, 2.24) is 9.97 Å². The number of carbonyl (C=O) groups excluding carboxylic acids is 1. The summed E-state index contributed by atoms with van der Waals surface area (Å²) in [5.74, 6) is -0.372. The lowest BCUT2D eigenvalue weighted by Gasteiger charge is -2.21. The third-order valence-electron chi connectivity index (χ3n) is 5.40. The first kappa shape index (κ1) is 32.9. The summed E-state index contributed by atoms with van der Waals surface area (Å²) in [4.78, 5) is 19.9. The first-order valence-electron chi connectivity index (χ1n) is 12.6. The molecule has 0 bridgehead atoms. The lowest BCUT2D eigenvalue weighted by atomic mass is 9.96. The minimum atomic E-state index is -3.61. The van der Waals surface area contributed by atoms with Crippen molar-refractivity contribution in [3.63, 3.8) is 0 Å². The molecule has 0 saturated heterocycles. The lowest BCUT2D eigenvalue weighted by molar-refractivity contribution is -0.109. The molecule has 0 spiro atoms. The zero-order valence-electron chi connectivity index (χ0n) is 22.8. The highest BCUT2D eigenvalue weighted by atomic mass is 32.1. The molecule has 39 heavy (non-hydrogen) atoms. The van der Waals surface area contributed by atoms with Gasteiger partial charge in [0.25, 0.3) is 0 Å². The van der Waals surface area contributed by atoms with Crippen molar-refractivity contribution in [3.05, 3.63) is 41.3 Å². The van der Waals surface area contributed by atoms with Gasteiger partial charge in [0, 0.05) is 37.1 Å². The Hall–Kier alpha value is -2.34. The number of benzene rings is 1. The number of hydrogen-bond acceptors (Lipinski definition) is 11. The third kappa shape index (κ3) is 9.66. The summed E-state index contributed by atoms with van der Waals surface area (Å²) in [6.45, 7) is 7.48. The lowest BCUT2D eigenvalue weighted by Crippen LogP contribution is -2.16. The van der Waals surface area contributed by atoms with Gasteiger partial charge in [0.1, 0.15) is 17.9 Å². The fourth-order valence-electron chi connectivity index (χ4n) is 3.67. The number of anilines is 1. The quantitative estimate of drug-likeness (QED) is 0.140. The molecule has 2 rings (SSSR count). The van der Waals surface area contributed by atoms with Gasteiger partial charge in [-0.2, -0.15) is 0 Å². The van der Waals surface area contributed by atoms with Crippen LogP contribution < -0.4 is 9.04 Å². The second-order valence-electron chi connectivity index (χ2n) is 8.93. The number of ether oxygens (including phenoxy) is 1. The second-order valence-corrected chi connectivity index (χ2v) is 11.5. The number of aldehydes is 1. The topological polar surface area (TPSA) is 131 Å². The van der Waals surface area contributed by atoms with E-state index >= 15 is 0 Å². The Balaban J connectivity index is 2.67. The summed E-state index contributed by atoms with van der Waals surface area (Å²) in [7, 11) is -1.96. The van der Waals surface area contributed by atoms with E-state index in [0.717, 1.165) is 6.07 Å². The van der Waals surface area contributed by atoms with E-state index in [9.17, 15) is 24.0 Å². The van der Waals surface area contributed by atoms with Crippen LogP contribution in [0.1, 0.15) is 57.7 Å². The van der Waals surface area contributed by atoms with Crippen LogP contribution in [0.5, 0.6) is 5.75 Å². The summed E-state index contributed by atoms with van der Waals surface area (Å²) in [6, 6.07) is 3.87. The summed E-state index contributed by atoms with van der Waals surface area (Å²) in [5, 5.41) is 20.3. The van der Waals surface area contributed by atoms with Crippen LogP contribution in [0.4, 0.5) is 10.3 Å². The van der Waals surface area contributed by atoms with Gasteiger partial charge in [-0.3, -0.25) is 8.87 Å². The third-order valence-corrected chi connectivity index (χ3v) is 7.32. The molecule has 0 aliphatic rings. The predicted molar refractivity (Wildman–Crippen MR) is 152 cm³/mol. The summed E-state index contributed by atoms with van der Waals surface area (Å²) in [5.41, 5.74) is 1.84. The smallest absolute Gasteiger partial charge is 0.367 e. The SMILES string of the molecule is CCOP(=O)(COc1cc(F)ccc1-c1nc(N(C)S)nc(C(C)C)c1/C=C/[C@@H](O)C[C@@H](O)CC=O)OCC. The summed E-state index contributed by atoms with van der Waals surface area (Å²) < 4.78 is 45.2. The first-order chi connectivity index (χ1) is 18.4. The summed E-state index contributed by atoms with van der Waals surface area (Å²) >= 11 is 4.34. The van der Waals surface area contributed by atoms with Crippen LogP contribution >= 0.6 is 20.4 Å². The molecule has 0 amide bonds. The Labute approximate surface area is 234 Å². The maximum Gasteiger partial charge on any atom is 0.367 e. The van der Waals surface area contributed by atoms with Crippen molar-refractivity contribution in [2.24, 2.45) is 0 Å². The minimum absolute atomic E-state index is 0.0467. The largest absolute Gasteiger partial charge is 0.480 e. The van der Waals surface area contributed by atoms with Gasteiger partial charge in [-0.1, -0.05) is 38.8 Å². The molecular weight excluding hydrogens is 548 g/mol. The van der Waals surface area contributed by atoms with Crippen LogP contribution in [0, 0.1) is 5.82 Å². The maximum absolute atomic E-state index is 14.4. The molecule has 0 saturated carbocycles. The van der Waals surface area contributed by atoms with Crippen molar-refractivity contribution in [2.75, 3.05) is 30.9 Å². The number of aliphatic hydroxyl groups excluding tert-OH is 2. The molecule has 1 aromatic carbocycles. The first-order valence-corrected chi connectivity index (χ1v) is 14.7. The normalized spacial score (nSPS) is 13.6. The zero-order valence-corrected chi connectivity index (χ0v) is 24.6. The molecule has 1 aromatic heterocycles. The molecule has 0 aliphatic heterocycles. The molecule has 2 atom stereocenters. The number of thiol groups is 1. The molecule has 2 N–H and O–H groups in total. The van der Waals surface area contributed by atoms with Crippen LogP contribution in [0.3, 0.4) is 0 Å². The predicted octanol–water partition coefficient (Wildman–Crippen LogP) is 5.00. The van der Waals surface area contributed by atoms with Gasteiger partial charge in [0.15, 0.2) is 6.35 Å². The van der Waals surface area contributed by atoms with E-state index in [4.69, 9.17) is 13.8 Å². The van der Waals surface area contributed by atoms with Crippen molar-refractivity contribution >= 4 is 38.7 Å². The van der Waals surface area contributed by atoms with Crippen molar-refractivity contribution < 1.29 is 37.7 Å². The molecule has 0 fully saturated rings. The standard InChI is InChI=1S/C26H37FN3O7PS/c1-6-36-38(34,37-7-2)16-35-23-14-18(27)8-10-21(23)25-22(11-9-19(32)15-20(33)12-13-31)24(17(3)4)28-26(29-25)30(5)39/h8-11,13-14,17,19-20,32-33,39H,6-7,12,15-16H2,1-5H3/b11-9+/t19-,20+/m1/s1. The fraction of sp³-hybridized carbons (Fsp3) is 0.500. The minimum Gasteiger partial charge on any atom is -0.480 e. The number of aliphatic hydroxyl groups is 2. The van der Waals surface area contributed by atoms with E-state index in [2.05, 4.69) is 22.8 Å². The van der Waals surface area contributed by atoms with Crippen molar-refractivity contribution in [1.29, 1.82) is 0 Å². The summed E-state index contributed by atoms with van der Waals surface area (Å²) in [6.07, 6.45) is 1.02. The van der Waals surface area contributed by atoms with E-state index in [1.807, 2.05) is 13.8 Å². The van der Waals surface area contributed by atoms with Crippen LogP contribution in [-0.4, -0.2) is 65.3 Å². The Morgan fingerprint density at radius 2 is 1.85 bits per heavy atom. The number of rotatable bonds is 16. The zero-order chi connectivity index (χ0) is 29.2. The maximum atomic E-state index is 14.4. The van der Waals surface area contributed by atoms with Crippen molar-refractivity contribution in [2.45, 2.75) is 58.7 Å². The molecule has 2 aromatic rings. The van der Waals surface area contributed by atoms with Gasteiger partial charge in [-0.05, 0) is 31.9 Å². The van der Waals surface area contributed by atoms with E-state index in [1.54, 1.807) is 27.0 Å². The number of halogens is 1. The molecule has 10 nitrogen and oxygen atoms in total. The van der Waals surface area contributed by atoms with Crippen LogP contribution in [0.25, 0.3) is 17.3 Å². The Bertz CT molecular complexity index is 1170. The average Bonchev–Trinajstić information content (AvgIpc) is 2.86. The number of aromatic nitrogens is 2. The molecule has 0 unspecified atom stereocenters. The number of nitrogens with zero attached hydrogens (tertiary/aromatic N) is 3. The van der Waals surface area contributed by atoms with Crippen molar-refractivity contribution in [3.8, 4) is 17.0 Å². The molecular formula is C26H37FN3O7PS. The Morgan fingerprint density at radius 1 is 1.18 bits per heavy atom. The Morgan fingerprint density at radius 3 is 2.41 bits per heavy atom. The average molecular weight is 586 g/mol. The van der Waals surface area contributed by atoms with Gasteiger partial charge in [-0.15, -0.1) is 0 Å². The highest BCUT2D eigenvalue weighted by Gasteiger charge is 2.27. The molecule has 1 heterocycles. The van der Waals surface area contributed by atoms with Crippen LogP contribution in [-0.2, 0) is 18.4 Å². The monoisotopic (exact) mass is 585 g/mol. The van der Waals surface area contributed by atoms with Gasteiger partial charge < -0.3 is 28.8 Å². The Kier molecular flexibility index (Phi) is 13.0. The molecule has 0 radical (unpaired) electrons. The molecule has 216 valence electrons. The van der Waals surface area contributed by atoms with Gasteiger partial charge in [-0.25, -0.2) is 14.4 Å². The number of carbonyl (C=O) groups is 1. The van der Waals surface area contributed by atoms with E-state index in [1.165, 1.54) is 22.5 Å². The second kappa shape index (κ2) is 15.4. The fourth-order valence-corrected chi connectivity index (χ4v) is 5.06. The van der Waals surface area contributed by atoms with Crippen LogP contribution in [0.15, 0.2) is 24.3 Å². The highest BCUT2D eigenvalue weighted by Crippen LogP contribution is 2.48. The van der Waals surface area contributed by atoms with Gasteiger partial charge in [0.05, 0.1) is 36.8 Å². The van der Waals surface area contributed by atoms with Crippen LogP contribution in [0.2, 0.25) is 0 Å². The van der Waals surface area contributed by atoms with E-state index in [-0.39, 0.29) is 43.7 Å².